The van der Waals surface area contributed by atoms with E-state index in [9.17, 15) is 18.0 Å². The van der Waals surface area contributed by atoms with E-state index in [-0.39, 0.29) is 43.8 Å². The molecule has 0 bridgehead atoms. The number of hydrogen-bond acceptors (Lipinski definition) is 5. The van der Waals surface area contributed by atoms with Crippen molar-refractivity contribution in [1.29, 1.82) is 0 Å². The van der Waals surface area contributed by atoms with E-state index in [0.717, 1.165) is 31.9 Å². The Balaban J connectivity index is 1.80. The molecule has 1 aliphatic carbocycles. The molecule has 2 amide bonds. The first-order valence-corrected chi connectivity index (χ1v) is 16.9. The van der Waals surface area contributed by atoms with Crippen molar-refractivity contribution < 1.29 is 22.7 Å². The monoisotopic (exact) mass is 625 g/mol. The lowest BCUT2D eigenvalue weighted by molar-refractivity contribution is -0.141. The predicted octanol–water partition coefficient (Wildman–Crippen LogP) is 6.19. The van der Waals surface area contributed by atoms with Gasteiger partial charge < -0.3 is 15.0 Å². The Kier molecular flexibility index (Phi) is 12.6. The molecule has 1 aliphatic rings. The molecule has 1 fully saturated rings. The van der Waals surface area contributed by atoms with E-state index in [4.69, 9.17) is 27.9 Å². The third-order valence-electron chi connectivity index (χ3n) is 7.28. The largest absolute Gasteiger partial charge is 0.492 e. The summed E-state index contributed by atoms with van der Waals surface area (Å²) in [6.07, 6.45) is 7.04. The summed E-state index contributed by atoms with van der Waals surface area (Å²) < 4.78 is 32.4. The third kappa shape index (κ3) is 9.51. The molecule has 2 aromatic carbocycles. The van der Waals surface area contributed by atoms with Crippen molar-refractivity contribution in [2.45, 2.75) is 83.8 Å². The van der Waals surface area contributed by atoms with E-state index in [2.05, 4.69) is 5.32 Å². The first-order chi connectivity index (χ1) is 19.5. The van der Waals surface area contributed by atoms with Crippen molar-refractivity contribution in [2.24, 2.45) is 0 Å². The van der Waals surface area contributed by atoms with Gasteiger partial charge in [-0.1, -0.05) is 67.6 Å². The molecule has 1 atom stereocenters. The van der Waals surface area contributed by atoms with Crippen molar-refractivity contribution in [3.8, 4) is 5.75 Å². The number of rotatable bonds is 14. The molecule has 226 valence electrons. The van der Waals surface area contributed by atoms with Gasteiger partial charge in [0.25, 0.3) is 0 Å². The molecule has 2 aromatic rings. The van der Waals surface area contributed by atoms with E-state index >= 15 is 0 Å². The van der Waals surface area contributed by atoms with Gasteiger partial charge in [-0.3, -0.25) is 13.9 Å². The van der Waals surface area contributed by atoms with Crippen molar-refractivity contribution in [2.75, 3.05) is 23.7 Å². The highest BCUT2D eigenvalue weighted by molar-refractivity contribution is 7.92. The molecule has 3 rings (SSSR count). The number of benzene rings is 2. The van der Waals surface area contributed by atoms with Crippen LogP contribution in [0.4, 0.5) is 5.69 Å². The smallest absolute Gasteiger partial charge is 0.243 e. The van der Waals surface area contributed by atoms with Crippen LogP contribution >= 0.6 is 23.2 Å². The van der Waals surface area contributed by atoms with Gasteiger partial charge in [0.05, 0.1) is 18.6 Å². The zero-order valence-electron chi connectivity index (χ0n) is 24.1. The van der Waals surface area contributed by atoms with Crippen LogP contribution in [0.5, 0.6) is 5.75 Å². The Labute approximate surface area is 254 Å². The van der Waals surface area contributed by atoms with Gasteiger partial charge in [0, 0.05) is 35.6 Å². The SMILES string of the molecule is CCOc1ccccc1N(CCCC(=O)N(Cc1ccc(Cl)cc1Cl)[C@H](CC)C(=O)NC1CCCCC1)S(C)(=O)=O. The molecule has 0 radical (unpaired) electrons. The van der Waals surface area contributed by atoms with Crippen molar-refractivity contribution in [1.82, 2.24) is 10.2 Å². The van der Waals surface area contributed by atoms with Gasteiger partial charge in [0.1, 0.15) is 11.8 Å². The molecule has 0 aromatic heterocycles. The lowest BCUT2D eigenvalue weighted by Crippen LogP contribution is -2.51. The minimum absolute atomic E-state index is 0.0429. The first-order valence-electron chi connectivity index (χ1n) is 14.3. The number of halogens is 2. The quantitative estimate of drug-likeness (QED) is 0.270. The molecule has 0 unspecified atom stereocenters. The van der Waals surface area contributed by atoms with Crippen molar-refractivity contribution in [3.63, 3.8) is 0 Å². The summed E-state index contributed by atoms with van der Waals surface area (Å²) in [5, 5.41) is 4.05. The molecule has 11 heteroatoms. The van der Waals surface area contributed by atoms with Gasteiger partial charge in [-0.25, -0.2) is 8.42 Å². The fraction of sp³-hybridized carbons (Fsp3) is 0.533. The number of amides is 2. The molecule has 0 spiro atoms. The maximum absolute atomic E-state index is 13.7. The first kappa shape index (κ1) is 33.0. The van der Waals surface area contributed by atoms with Crippen LogP contribution in [0.15, 0.2) is 42.5 Å². The Hall–Kier alpha value is -2.49. The van der Waals surface area contributed by atoms with Crippen LogP contribution in [0, 0.1) is 0 Å². The summed E-state index contributed by atoms with van der Waals surface area (Å²) in [5.74, 6) is 0.0191. The molecule has 8 nitrogen and oxygen atoms in total. The van der Waals surface area contributed by atoms with Gasteiger partial charge >= 0.3 is 0 Å². The van der Waals surface area contributed by atoms with Crippen molar-refractivity contribution in [3.05, 3.63) is 58.1 Å². The van der Waals surface area contributed by atoms with Gasteiger partial charge in [-0.2, -0.15) is 0 Å². The topological polar surface area (TPSA) is 96.0 Å². The molecular weight excluding hydrogens is 585 g/mol. The van der Waals surface area contributed by atoms with Crippen LogP contribution in [0.3, 0.4) is 0 Å². The number of ether oxygens (including phenoxy) is 1. The van der Waals surface area contributed by atoms with E-state index in [1.807, 2.05) is 13.8 Å². The Morgan fingerprint density at radius 3 is 2.41 bits per heavy atom. The van der Waals surface area contributed by atoms with Crippen LogP contribution in [-0.4, -0.2) is 56.6 Å². The third-order valence-corrected chi connectivity index (χ3v) is 9.05. The van der Waals surface area contributed by atoms with Crippen LogP contribution < -0.4 is 14.4 Å². The van der Waals surface area contributed by atoms with E-state index in [1.165, 1.54) is 10.7 Å². The molecular formula is C30H41Cl2N3O5S. The zero-order valence-corrected chi connectivity index (χ0v) is 26.4. The highest BCUT2D eigenvalue weighted by atomic mass is 35.5. The highest BCUT2D eigenvalue weighted by Crippen LogP contribution is 2.30. The van der Waals surface area contributed by atoms with Gasteiger partial charge in [-0.15, -0.1) is 0 Å². The molecule has 0 saturated heterocycles. The summed E-state index contributed by atoms with van der Waals surface area (Å²) in [7, 11) is -3.65. The fourth-order valence-electron chi connectivity index (χ4n) is 5.22. The average molecular weight is 627 g/mol. The molecule has 41 heavy (non-hydrogen) atoms. The normalized spacial score (nSPS) is 14.8. The summed E-state index contributed by atoms with van der Waals surface area (Å²) in [6.45, 7) is 4.31. The lowest BCUT2D eigenvalue weighted by Gasteiger charge is -2.33. The minimum atomic E-state index is -3.65. The van der Waals surface area contributed by atoms with E-state index in [1.54, 1.807) is 47.4 Å². The predicted molar refractivity (Wildman–Crippen MR) is 165 cm³/mol. The Morgan fingerprint density at radius 2 is 1.78 bits per heavy atom. The second-order valence-electron chi connectivity index (χ2n) is 10.4. The van der Waals surface area contributed by atoms with E-state index < -0.39 is 16.1 Å². The summed E-state index contributed by atoms with van der Waals surface area (Å²) in [6, 6.07) is 11.4. The number of carbonyl (C=O) groups is 2. The highest BCUT2D eigenvalue weighted by Gasteiger charge is 2.31. The number of nitrogens with one attached hydrogen (secondary N) is 1. The minimum Gasteiger partial charge on any atom is -0.492 e. The van der Waals surface area contributed by atoms with Gasteiger partial charge in [0.2, 0.25) is 21.8 Å². The lowest BCUT2D eigenvalue weighted by atomic mass is 9.95. The van der Waals surface area contributed by atoms with Crippen LogP contribution in [0.2, 0.25) is 10.0 Å². The molecule has 0 aliphatic heterocycles. The number of anilines is 1. The zero-order chi connectivity index (χ0) is 30.0. The molecule has 1 N–H and O–H groups in total. The number of para-hydroxylation sites is 2. The second kappa shape index (κ2) is 15.7. The van der Waals surface area contributed by atoms with Crippen LogP contribution in [-0.2, 0) is 26.2 Å². The number of carbonyl (C=O) groups excluding carboxylic acids is 2. The standard InChI is InChI=1S/C30H41Cl2N3O5S/c1-4-26(30(37)33-24-12-7-6-8-13-24)34(21-22-17-18-23(31)20-25(22)32)29(36)16-11-19-35(41(3,38)39)27-14-9-10-15-28(27)40-5-2/h9-10,14-15,17-18,20,24,26H,4-8,11-13,16,19,21H2,1-3H3,(H,33,37)/t26-/m1/s1. The molecule has 1 saturated carbocycles. The van der Waals surface area contributed by atoms with Crippen LogP contribution in [0.1, 0.15) is 70.8 Å². The van der Waals surface area contributed by atoms with E-state index in [0.29, 0.717) is 40.1 Å². The van der Waals surface area contributed by atoms with Crippen LogP contribution in [0.25, 0.3) is 0 Å². The van der Waals surface area contributed by atoms with Gasteiger partial charge in [0.15, 0.2) is 0 Å². The number of nitrogens with zero attached hydrogens (tertiary/aromatic N) is 2. The van der Waals surface area contributed by atoms with Gasteiger partial charge in [-0.05, 0) is 62.4 Å². The summed E-state index contributed by atoms with van der Waals surface area (Å²) in [4.78, 5) is 28.8. The Bertz CT molecular complexity index is 1280. The summed E-state index contributed by atoms with van der Waals surface area (Å²) in [5.41, 5.74) is 1.10. The molecule has 0 heterocycles. The maximum Gasteiger partial charge on any atom is 0.243 e. The number of hydrogen-bond donors (Lipinski definition) is 1. The Morgan fingerprint density at radius 1 is 1.07 bits per heavy atom. The van der Waals surface area contributed by atoms with Crippen molar-refractivity contribution >= 4 is 50.7 Å². The average Bonchev–Trinajstić information content (AvgIpc) is 2.92. The number of sulfonamides is 1. The summed E-state index contributed by atoms with van der Waals surface area (Å²) >= 11 is 12.5. The maximum atomic E-state index is 13.7. The second-order valence-corrected chi connectivity index (χ2v) is 13.1. The fourth-order valence-corrected chi connectivity index (χ4v) is 6.66.